The molecule has 0 aliphatic heterocycles. The normalized spacial score (nSPS) is 11.7. The Kier molecular flexibility index (Phi) is 4.15. The van der Waals surface area contributed by atoms with Gasteiger partial charge in [-0.1, -0.05) is 6.58 Å². The number of rotatable bonds is 4. The molecule has 1 aromatic rings. The van der Waals surface area contributed by atoms with E-state index in [9.17, 15) is 0 Å². The van der Waals surface area contributed by atoms with Crippen LogP contribution in [-0.2, 0) is 0 Å². The fourth-order valence-electron chi connectivity index (χ4n) is 1.17. The van der Waals surface area contributed by atoms with Crippen LogP contribution in [0.3, 0.4) is 0 Å². The summed E-state index contributed by atoms with van der Waals surface area (Å²) >= 11 is 0. The fourth-order valence-corrected chi connectivity index (χ4v) is 1.17. The molecule has 0 aliphatic rings. The predicted molar refractivity (Wildman–Crippen MR) is 67.2 cm³/mol. The third-order valence-electron chi connectivity index (χ3n) is 1.95. The van der Waals surface area contributed by atoms with Crippen molar-refractivity contribution < 1.29 is 4.74 Å². The molecule has 4 N–H and O–H groups in total. The number of nitrogens with two attached hydrogens (primary N) is 2. The minimum absolute atomic E-state index is 0.571. The van der Waals surface area contributed by atoms with Crippen LogP contribution in [-0.4, -0.2) is 6.21 Å². The molecule has 0 spiro atoms. The number of nitrogens with zero attached hydrogens (tertiary/aromatic N) is 1. The van der Waals surface area contributed by atoms with Crippen LogP contribution in [0.15, 0.2) is 47.8 Å². The van der Waals surface area contributed by atoms with Crippen molar-refractivity contribution in [3.05, 3.63) is 48.3 Å². The van der Waals surface area contributed by atoms with E-state index in [4.69, 9.17) is 16.3 Å². The first-order chi connectivity index (χ1) is 7.67. The van der Waals surface area contributed by atoms with Crippen LogP contribution in [0.4, 0.5) is 5.69 Å². The molecule has 4 nitrogen and oxygen atoms in total. The van der Waals surface area contributed by atoms with E-state index in [0.29, 0.717) is 11.4 Å². The molecule has 0 aliphatic carbocycles. The van der Waals surface area contributed by atoms with Gasteiger partial charge in [-0.25, -0.2) is 0 Å². The summed E-state index contributed by atoms with van der Waals surface area (Å²) in [5.41, 5.74) is 7.30. The van der Waals surface area contributed by atoms with Crippen molar-refractivity contribution in [2.24, 2.45) is 10.9 Å². The minimum Gasteiger partial charge on any atom is -0.457 e. The summed E-state index contributed by atoms with van der Waals surface area (Å²) in [6, 6.07) is 5.43. The Morgan fingerprint density at radius 3 is 2.81 bits per heavy atom. The van der Waals surface area contributed by atoms with Crippen molar-refractivity contribution in [2.75, 3.05) is 5.73 Å². The summed E-state index contributed by atoms with van der Waals surface area (Å²) in [4.78, 5) is 0. The lowest BCUT2D eigenvalue weighted by Gasteiger charge is -2.09. The van der Waals surface area contributed by atoms with Crippen LogP contribution < -0.4 is 16.3 Å². The van der Waals surface area contributed by atoms with Crippen LogP contribution in [0, 0.1) is 6.92 Å². The van der Waals surface area contributed by atoms with Gasteiger partial charge in [0, 0.05) is 11.8 Å². The van der Waals surface area contributed by atoms with E-state index < -0.39 is 0 Å². The number of hydrogen-bond donors (Lipinski definition) is 2. The summed E-state index contributed by atoms with van der Waals surface area (Å²) < 4.78 is 5.59. The molecule has 84 valence electrons. The molecular weight excluding hydrogens is 202 g/mol. The molecule has 4 heteroatoms. The Balaban J connectivity index is 2.90. The Labute approximate surface area is 94.9 Å². The third kappa shape index (κ3) is 3.16. The minimum atomic E-state index is 0.571. The van der Waals surface area contributed by atoms with E-state index in [1.54, 1.807) is 18.2 Å². The number of hydrogen-bond acceptors (Lipinski definition) is 4. The highest BCUT2D eigenvalue weighted by Gasteiger charge is 2.01. The topological polar surface area (TPSA) is 73.6 Å². The van der Waals surface area contributed by atoms with Crippen molar-refractivity contribution >= 4 is 11.9 Å². The largest absolute Gasteiger partial charge is 0.457 e. The molecule has 0 aromatic heterocycles. The number of aryl methyl sites for hydroxylation is 1. The maximum absolute atomic E-state index is 5.64. The molecule has 0 fully saturated rings. The van der Waals surface area contributed by atoms with Gasteiger partial charge in [0.05, 0.1) is 6.21 Å². The second kappa shape index (κ2) is 5.60. The molecule has 0 radical (unpaired) electrons. The van der Waals surface area contributed by atoms with Gasteiger partial charge < -0.3 is 16.3 Å². The van der Waals surface area contributed by atoms with Gasteiger partial charge in [-0.15, -0.1) is 0 Å². The van der Waals surface area contributed by atoms with Gasteiger partial charge in [-0.05, 0) is 36.8 Å². The van der Waals surface area contributed by atoms with Crippen molar-refractivity contribution in [1.29, 1.82) is 0 Å². The zero-order valence-electron chi connectivity index (χ0n) is 9.18. The van der Waals surface area contributed by atoms with E-state index in [1.807, 2.05) is 19.1 Å². The fraction of sp³-hybridized carbons (Fsp3) is 0.0833. The van der Waals surface area contributed by atoms with Crippen molar-refractivity contribution in [3.8, 4) is 5.75 Å². The second-order valence-corrected chi connectivity index (χ2v) is 3.20. The van der Waals surface area contributed by atoms with E-state index >= 15 is 0 Å². The Hall–Kier alpha value is -2.23. The number of anilines is 1. The monoisotopic (exact) mass is 217 g/mol. The zero-order valence-corrected chi connectivity index (χ0v) is 9.18. The summed E-state index contributed by atoms with van der Waals surface area (Å²) in [6.07, 6.45) is 4.64. The smallest absolute Gasteiger partial charge is 0.130 e. The number of hydrazone groups is 1. The van der Waals surface area contributed by atoms with Gasteiger partial charge in [-0.2, -0.15) is 5.10 Å². The summed E-state index contributed by atoms with van der Waals surface area (Å²) in [7, 11) is 0. The Bertz CT molecular complexity index is 436. The molecule has 0 unspecified atom stereocenters. The summed E-state index contributed by atoms with van der Waals surface area (Å²) in [5, 5.41) is 3.35. The predicted octanol–water partition coefficient (Wildman–Crippen LogP) is 1.97. The lowest BCUT2D eigenvalue weighted by Crippen LogP contribution is -1.96. The lowest BCUT2D eigenvalue weighted by molar-refractivity contribution is 0.442. The number of nitrogen functional groups attached to an aromatic ring is 1. The van der Waals surface area contributed by atoms with Crippen molar-refractivity contribution in [1.82, 2.24) is 0 Å². The van der Waals surface area contributed by atoms with E-state index in [1.165, 1.54) is 6.21 Å². The maximum Gasteiger partial charge on any atom is 0.130 e. The zero-order chi connectivity index (χ0) is 12.0. The highest BCUT2D eigenvalue weighted by Crippen LogP contribution is 2.22. The molecular formula is C12H15N3O. The highest BCUT2D eigenvalue weighted by atomic mass is 16.5. The van der Waals surface area contributed by atoms with E-state index in [2.05, 4.69) is 11.7 Å². The van der Waals surface area contributed by atoms with Crippen LogP contribution in [0.25, 0.3) is 0 Å². The average Bonchev–Trinajstić information content (AvgIpc) is 2.27. The van der Waals surface area contributed by atoms with Gasteiger partial charge in [0.1, 0.15) is 11.5 Å². The first-order valence-corrected chi connectivity index (χ1v) is 4.77. The number of ether oxygens (including phenoxy) is 1. The maximum atomic E-state index is 5.64. The van der Waals surface area contributed by atoms with E-state index in [0.717, 1.165) is 11.3 Å². The molecule has 0 heterocycles. The molecule has 0 saturated heterocycles. The number of allylic oxidation sites excluding steroid dienone is 2. The van der Waals surface area contributed by atoms with Gasteiger partial charge in [-0.3, -0.25) is 0 Å². The van der Waals surface area contributed by atoms with Crippen molar-refractivity contribution in [2.45, 2.75) is 6.92 Å². The van der Waals surface area contributed by atoms with Gasteiger partial charge in [0.2, 0.25) is 0 Å². The molecule has 16 heavy (non-hydrogen) atoms. The second-order valence-electron chi connectivity index (χ2n) is 3.20. The third-order valence-corrected chi connectivity index (χ3v) is 1.95. The van der Waals surface area contributed by atoms with Crippen LogP contribution >= 0.6 is 0 Å². The first-order valence-electron chi connectivity index (χ1n) is 4.77. The first kappa shape index (κ1) is 11.8. The molecule has 0 atom stereocenters. The molecule has 0 bridgehead atoms. The quantitative estimate of drug-likeness (QED) is 0.202. The van der Waals surface area contributed by atoms with Crippen molar-refractivity contribution in [3.63, 3.8) is 0 Å². The lowest BCUT2D eigenvalue weighted by atomic mass is 10.2. The Morgan fingerprint density at radius 1 is 1.50 bits per heavy atom. The van der Waals surface area contributed by atoms with Crippen LogP contribution in [0.1, 0.15) is 5.56 Å². The van der Waals surface area contributed by atoms with Gasteiger partial charge >= 0.3 is 0 Å². The molecule has 1 rings (SSSR count). The Morgan fingerprint density at radius 2 is 2.25 bits per heavy atom. The van der Waals surface area contributed by atoms with E-state index in [-0.39, 0.29) is 0 Å². The van der Waals surface area contributed by atoms with Crippen LogP contribution in [0.2, 0.25) is 0 Å². The summed E-state index contributed by atoms with van der Waals surface area (Å²) in [5.74, 6) is 6.29. The SMILES string of the molecule is C=C/C(=C\C=N/N)Oc1ccc(N)cc1C. The molecule has 0 amide bonds. The van der Waals surface area contributed by atoms with Gasteiger partial charge in [0.15, 0.2) is 0 Å². The van der Waals surface area contributed by atoms with Crippen LogP contribution in [0.5, 0.6) is 5.75 Å². The van der Waals surface area contributed by atoms with Gasteiger partial charge in [0.25, 0.3) is 0 Å². The molecule has 0 saturated carbocycles. The summed E-state index contributed by atoms with van der Waals surface area (Å²) in [6.45, 7) is 5.56. The highest BCUT2D eigenvalue weighted by molar-refractivity contribution is 5.72. The molecule has 1 aromatic carbocycles. The number of benzene rings is 1. The standard InChI is InChI=1S/C12H15N3O/c1-3-11(6-7-15-14)16-12-5-4-10(13)8-9(12)2/h3-8H,1,13-14H2,2H3/b11-6+,15-7-. The average molecular weight is 217 g/mol.